The number of anilines is 1. The quantitative estimate of drug-likeness (QED) is 0.476. The zero-order chi connectivity index (χ0) is 18.3. The fourth-order valence-electron chi connectivity index (χ4n) is 2.62. The van der Waals surface area contributed by atoms with Crippen molar-refractivity contribution in [1.29, 1.82) is 0 Å². The van der Waals surface area contributed by atoms with Crippen molar-refractivity contribution in [2.45, 2.75) is 11.4 Å². The van der Waals surface area contributed by atoms with E-state index in [9.17, 15) is 0 Å². The SMILES string of the molecule is CSc1nnc2c(n1)OC(c1cccc(Cl)c1Cl)Nc1ccc(Br)cc1-2. The summed E-state index contributed by atoms with van der Waals surface area (Å²) >= 11 is 17.5. The van der Waals surface area contributed by atoms with Crippen molar-refractivity contribution in [3.63, 3.8) is 0 Å². The van der Waals surface area contributed by atoms with Crippen molar-refractivity contribution in [1.82, 2.24) is 15.2 Å². The van der Waals surface area contributed by atoms with Crippen LogP contribution in [0.2, 0.25) is 10.0 Å². The van der Waals surface area contributed by atoms with Gasteiger partial charge in [0.1, 0.15) is 0 Å². The topological polar surface area (TPSA) is 59.9 Å². The Morgan fingerprint density at radius 3 is 2.85 bits per heavy atom. The van der Waals surface area contributed by atoms with Crippen molar-refractivity contribution in [2.75, 3.05) is 11.6 Å². The molecule has 5 nitrogen and oxygen atoms in total. The number of nitrogens with zero attached hydrogens (tertiary/aromatic N) is 3. The Labute approximate surface area is 172 Å². The summed E-state index contributed by atoms with van der Waals surface area (Å²) in [6.45, 7) is 0. The van der Waals surface area contributed by atoms with E-state index in [1.807, 2.05) is 36.6 Å². The first-order chi connectivity index (χ1) is 12.6. The molecule has 1 aliphatic rings. The van der Waals surface area contributed by atoms with E-state index in [1.165, 1.54) is 11.8 Å². The molecule has 0 amide bonds. The molecule has 0 radical (unpaired) electrons. The van der Waals surface area contributed by atoms with E-state index in [4.69, 9.17) is 27.9 Å². The van der Waals surface area contributed by atoms with E-state index in [-0.39, 0.29) is 0 Å². The molecule has 0 saturated heterocycles. The predicted molar refractivity (Wildman–Crippen MR) is 108 cm³/mol. The van der Waals surface area contributed by atoms with Gasteiger partial charge in [0.25, 0.3) is 0 Å². The van der Waals surface area contributed by atoms with Crippen molar-refractivity contribution >= 4 is 56.6 Å². The molecule has 2 aromatic carbocycles. The highest BCUT2D eigenvalue weighted by atomic mass is 79.9. The van der Waals surface area contributed by atoms with Gasteiger partial charge in [0, 0.05) is 21.3 Å². The largest absolute Gasteiger partial charge is 0.448 e. The Bertz CT molecular complexity index is 1000. The molecule has 1 aliphatic heterocycles. The number of halogens is 3. The maximum absolute atomic E-state index is 6.41. The Morgan fingerprint density at radius 2 is 2.04 bits per heavy atom. The Hall–Kier alpha value is -1.54. The van der Waals surface area contributed by atoms with Gasteiger partial charge in [0.2, 0.25) is 11.0 Å². The number of thioether (sulfide) groups is 1. The Morgan fingerprint density at radius 1 is 1.19 bits per heavy atom. The molecule has 9 heteroatoms. The molecule has 3 aromatic rings. The summed E-state index contributed by atoms with van der Waals surface area (Å²) in [5.74, 6) is 0.384. The summed E-state index contributed by atoms with van der Waals surface area (Å²) < 4.78 is 7.06. The molecule has 1 N–H and O–H groups in total. The van der Waals surface area contributed by atoms with Crippen LogP contribution in [0.25, 0.3) is 11.3 Å². The van der Waals surface area contributed by atoms with Gasteiger partial charge in [-0.05, 0) is 30.5 Å². The molecule has 26 heavy (non-hydrogen) atoms. The first-order valence-electron chi connectivity index (χ1n) is 7.52. The molecule has 1 unspecified atom stereocenters. The average molecular weight is 470 g/mol. The third-order valence-electron chi connectivity index (χ3n) is 3.83. The molecule has 0 bridgehead atoms. The third-order valence-corrected chi connectivity index (χ3v) is 5.70. The molecule has 1 atom stereocenters. The van der Waals surface area contributed by atoms with Gasteiger partial charge in [-0.1, -0.05) is 63.0 Å². The van der Waals surface area contributed by atoms with Crippen LogP contribution in [0, 0.1) is 0 Å². The lowest BCUT2D eigenvalue weighted by atomic mass is 10.1. The van der Waals surface area contributed by atoms with Gasteiger partial charge in [-0.25, -0.2) is 0 Å². The molecule has 132 valence electrons. The lowest BCUT2D eigenvalue weighted by molar-refractivity contribution is 0.225. The van der Waals surface area contributed by atoms with Crippen LogP contribution >= 0.6 is 50.9 Å². The molecule has 2 heterocycles. The number of rotatable bonds is 2. The van der Waals surface area contributed by atoms with Crippen LogP contribution in [0.1, 0.15) is 11.8 Å². The number of hydrogen-bond donors (Lipinski definition) is 1. The van der Waals surface area contributed by atoms with Gasteiger partial charge in [-0.15, -0.1) is 10.2 Å². The minimum Gasteiger partial charge on any atom is -0.448 e. The number of benzene rings is 2. The highest BCUT2D eigenvalue weighted by molar-refractivity contribution is 9.10. The van der Waals surface area contributed by atoms with Crippen molar-refractivity contribution in [3.05, 3.63) is 56.5 Å². The van der Waals surface area contributed by atoms with Crippen LogP contribution in [-0.2, 0) is 0 Å². The monoisotopic (exact) mass is 468 g/mol. The van der Waals surface area contributed by atoms with E-state index in [0.29, 0.717) is 32.3 Å². The van der Waals surface area contributed by atoms with Gasteiger partial charge < -0.3 is 10.1 Å². The fourth-order valence-corrected chi connectivity index (χ4v) is 3.68. The van der Waals surface area contributed by atoms with E-state index in [1.54, 1.807) is 6.07 Å². The molecule has 4 rings (SSSR count). The van der Waals surface area contributed by atoms with Crippen LogP contribution < -0.4 is 10.1 Å². The van der Waals surface area contributed by atoms with Crippen LogP contribution in [0.15, 0.2) is 46.0 Å². The summed E-state index contributed by atoms with van der Waals surface area (Å²) in [6, 6.07) is 11.2. The van der Waals surface area contributed by atoms with E-state index < -0.39 is 6.23 Å². The molecular formula is C17H11BrCl2N4OS. The lowest BCUT2D eigenvalue weighted by Crippen LogP contribution is -2.17. The smallest absolute Gasteiger partial charge is 0.247 e. The summed E-state index contributed by atoms with van der Waals surface area (Å²) in [6.07, 6.45) is 1.31. The van der Waals surface area contributed by atoms with Crippen LogP contribution in [0.3, 0.4) is 0 Å². The minimum absolute atomic E-state index is 0.384. The number of ether oxygens (including phenoxy) is 1. The maximum Gasteiger partial charge on any atom is 0.247 e. The van der Waals surface area contributed by atoms with Gasteiger partial charge in [-0.2, -0.15) is 4.98 Å². The molecule has 1 aromatic heterocycles. The van der Waals surface area contributed by atoms with Gasteiger partial charge in [-0.3, -0.25) is 0 Å². The molecule has 0 aliphatic carbocycles. The van der Waals surface area contributed by atoms with Crippen molar-refractivity contribution in [2.24, 2.45) is 0 Å². The van der Waals surface area contributed by atoms with Gasteiger partial charge in [0.05, 0.1) is 10.0 Å². The summed E-state index contributed by atoms with van der Waals surface area (Å²) in [5.41, 5.74) is 2.95. The zero-order valence-electron chi connectivity index (χ0n) is 13.3. The number of hydrogen-bond acceptors (Lipinski definition) is 6. The predicted octanol–water partition coefficient (Wildman–Crippen LogP) is 5.83. The van der Waals surface area contributed by atoms with Gasteiger partial charge >= 0.3 is 0 Å². The fraction of sp³-hybridized carbons (Fsp3) is 0.118. The molecule has 0 fully saturated rings. The standard InChI is InChI=1S/C17H11BrCl2N4OS/c1-26-17-22-16-14(23-24-17)10-7-8(18)5-6-12(10)21-15(25-16)9-3-2-4-11(19)13(9)20/h2-7,15,21H,1H3. The first-order valence-corrected chi connectivity index (χ1v) is 10.3. The maximum atomic E-state index is 6.41. The van der Waals surface area contributed by atoms with Crippen LogP contribution in [-0.4, -0.2) is 21.4 Å². The number of fused-ring (bicyclic) bond motifs is 3. The van der Waals surface area contributed by atoms with E-state index >= 15 is 0 Å². The van der Waals surface area contributed by atoms with E-state index in [2.05, 4.69) is 36.4 Å². The minimum atomic E-state index is -0.575. The average Bonchev–Trinajstić information content (AvgIpc) is 2.80. The number of aromatic nitrogens is 3. The first kappa shape index (κ1) is 17.9. The second-order valence-electron chi connectivity index (χ2n) is 5.43. The zero-order valence-corrected chi connectivity index (χ0v) is 17.2. The van der Waals surface area contributed by atoms with Gasteiger partial charge in [0.15, 0.2) is 11.9 Å². The summed E-state index contributed by atoms with van der Waals surface area (Å²) in [7, 11) is 0. The molecule has 0 spiro atoms. The lowest BCUT2D eigenvalue weighted by Gasteiger charge is -2.20. The second kappa shape index (κ2) is 7.23. The third kappa shape index (κ3) is 3.24. The molecule has 0 saturated carbocycles. The molecular weight excluding hydrogens is 459 g/mol. The Balaban J connectivity index is 1.91. The van der Waals surface area contributed by atoms with Crippen molar-refractivity contribution in [3.8, 4) is 17.1 Å². The summed E-state index contributed by atoms with van der Waals surface area (Å²) in [4.78, 5) is 4.48. The Kier molecular flexibility index (Phi) is 4.96. The number of nitrogens with one attached hydrogen (secondary N) is 1. The van der Waals surface area contributed by atoms with Crippen LogP contribution in [0.4, 0.5) is 5.69 Å². The van der Waals surface area contributed by atoms with Crippen LogP contribution in [0.5, 0.6) is 5.88 Å². The summed E-state index contributed by atoms with van der Waals surface area (Å²) in [5, 5.41) is 13.2. The highest BCUT2D eigenvalue weighted by Gasteiger charge is 2.28. The normalized spacial score (nSPS) is 15.3. The van der Waals surface area contributed by atoms with E-state index in [0.717, 1.165) is 15.7 Å². The van der Waals surface area contributed by atoms with Crippen molar-refractivity contribution < 1.29 is 4.74 Å². The second-order valence-corrected chi connectivity index (χ2v) is 7.90. The highest BCUT2D eigenvalue weighted by Crippen LogP contribution is 2.42.